The lowest BCUT2D eigenvalue weighted by Crippen LogP contribution is -2.28. The number of aryl methyl sites for hydroxylation is 3. The number of nitrogens with zero attached hydrogens (tertiary/aromatic N) is 4. The summed E-state index contributed by atoms with van der Waals surface area (Å²) in [7, 11) is 2.01. The van der Waals surface area contributed by atoms with Crippen molar-refractivity contribution >= 4 is 17.1 Å². The average Bonchev–Trinajstić information content (AvgIpc) is 3.19. The van der Waals surface area contributed by atoms with Crippen LogP contribution in [0.25, 0.3) is 11.2 Å². The van der Waals surface area contributed by atoms with Gasteiger partial charge in [-0.1, -0.05) is 17.2 Å². The van der Waals surface area contributed by atoms with Gasteiger partial charge in [-0.2, -0.15) is 0 Å². The standard InChI is InChI=1S/C20H22N4O/c1-13-9-14(2)11-16(10-13)20(25)24-8-6-15(12-24)18-22-17-5-4-7-21-19(17)23(18)3/h4-5,7,9-11,15H,6,8,12H2,1-3H3. The Morgan fingerprint density at radius 2 is 1.96 bits per heavy atom. The molecule has 0 bridgehead atoms. The zero-order valence-corrected chi connectivity index (χ0v) is 14.9. The molecule has 1 amide bonds. The highest BCUT2D eigenvalue weighted by Crippen LogP contribution is 2.29. The minimum Gasteiger partial charge on any atom is -0.338 e. The molecule has 0 spiro atoms. The number of carbonyl (C=O) groups excluding carboxylic acids is 1. The molecule has 25 heavy (non-hydrogen) atoms. The Bertz CT molecular complexity index is 939. The number of aromatic nitrogens is 3. The van der Waals surface area contributed by atoms with Crippen molar-refractivity contribution in [3.63, 3.8) is 0 Å². The van der Waals surface area contributed by atoms with E-state index in [0.717, 1.165) is 46.6 Å². The number of pyridine rings is 1. The van der Waals surface area contributed by atoms with Gasteiger partial charge in [-0.25, -0.2) is 9.97 Å². The van der Waals surface area contributed by atoms with Crippen LogP contribution in [0.2, 0.25) is 0 Å². The fourth-order valence-corrected chi connectivity index (χ4v) is 3.84. The summed E-state index contributed by atoms with van der Waals surface area (Å²) in [6.07, 6.45) is 2.73. The van der Waals surface area contributed by atoms with Crippen molar-refractivity contribution in [3.8, 4) is 0 Å². The van der Waals surface area contributed by atoms with E-state index in [-0.39, 0.29) is 11.8 Å². The molecule has 5 heteroatoms. The lowest BCUT2D eigenvalue weighted by molar-refractivity contribution is 0.0790. The summed E-state index contributed by atoms with van der Waals surface area (Å²) < 4.78 is 2.06. The number of fused-ring (bicyclic) bond motifs is 1. The number of likely N-dealkylation sites (tertiary alicyclic amines) is 1. The van der Waals surface area contributed by atoms with E-state index >= 15 is 0 Å². The second-order valence-corrected chi connectivity index (χ2v) is 6.99. The molecule has 3 heterocycles. The molecule has 128 valence electrons. The zero-order valence-electron chi connectivity index (χ0n) is 14.9. The van der Waals surface area contributed by atoms with Gasteiger partial charge in [-0.15, -0.1) is 0 Å². The second kappa shape index (κ2) is 5.99. The fraction of sp³-hybridized carbons (Fsp3) is 0.350. The van der Waals surface area contributed by atoms with E-state index in [2.05, 4.69) is 15.6 Å². The van der Waals surface area contributed by atoms with Gasteiger partial charge < -0.3 is 9.47 Å². The van der Waals surface area contributed by atoms with E-state index < -0.39 is 0 Å². The maximum absolute atomic E-state index is 12.9. The van der Waals surface area contributed by atoms with Gasteiger partial charge in [0, 0.05) is 37.8 Å². The monoisotopic (exact) mass is 334 g/mol. The van der Waals surface area contributed by atoms with Crippen molar-refractivity contribution < 1.29 is 4.79 Å². The number of hydrogen-bond acceptors (Lipinski definition) is 3. The second-order valence-electron chi connectivity index (χ2n) is 6.99. The van der Waals surface area contributed by atoms with Crippen molar-refractivity contribution in [2.24, 2.45) is 7.05 Å². The van der Waals surface area contributed by atoms with Crippen molar-refractivity contribution in [3.05, 3.63) is 59.0 Å². The summed E-state index contributed by atoms with van der Waals surface area (Å²) in [5.41, 5.74) is 4.85. The summed E-state index contributed by atoms with van der Waals surface area (Å²) in [5, 5.41) is 0. The minimum atomic E-state index is 0.117. The van der Waals surface area contributed by atoms with E-state index in [9.17, 15) is 4.79 Å². The van der Waals surface area contributed by atoms with Crippen molar-refractivity contribution in [1.82, 2.24) is 19.4 Å². The Balaban J connectivity index is 1.58. The molecule has 5 nitrogen and oxygen atoms in total. The quantitative estimate of drug-likeness (QED) is 0.723. The third-order valence-electron chi connectivity index (χ3n) is 4.97. The number of imidazole rings is 1. The molecule has 0 N–H and O–H groups in total. The van der Waals surface area contributed by atoms with E-state index in [0.29, 0.717) is 6.54 Å². The lowest BCUT2D eigenvalue weighted by atomic mass is 10.1. The van der Waals surface area contributed by atoms with E-state index in [4.69, 9.17) is 4.98 Å². The third kappa shape index (κ3) is 2.80. The molecule has 1 unspecified atom stereocenters. The molecule has 1 aliphatic rings. The van der Waals surface area contributed by atoms with Gasteiger partial charge >= 0.3 is 0 Å². The van der Waals surface area contributed by atoms with Crippen LogP contribution >= 0.6 is 0 Å². The van der Waals surface area contributed by atoms with Gasteiger partial charge in [0.15, 0.2) is 5.65 Å². The third-order valence-corrected chi connectivity index (χ3v) is 4.97. The smallest absolute Gasteiger partial charge is 0.253 e. The molecular weight excluding hydrogens is 312 g/mol. The minimum absolute atomic E-state index is 0.117. The van der Waals surface area contributed by atoms with E-state index in [1.54, 1.807) is 6.20 Å². The Hall–Kier alpha value is -2.69. The van der Waals surface area contributed by atoms with Crippen LogP contribution in [0, 0.1) is 13.8 Å². The molecule has 1 aliphatic heterocycles. The molecule has 0 aliphatic carbocycles. The molecule has 3 aromatic rings. The van der Waals surface area contributed by atoms with Crippen LogP contribution in [0.5, 0.6) is 0 Å². The van der Waals surface area contributed by atoms with Crippen LogP contribution in [0.15, 0.2) is 36.5 Å². The average molecular weight is 334 g/mol. The lowest BCUT2D eigenvalue weighted by Gasteiger charge is -2.17. The highest BCUT2D eigenvalue weighted by Gasteiger charge is 2.31. The molecule has 0 saturated carbocycles. The highest BCUT2D eigenvalue weighted by atomic mass is 16.2. The summed E-state index contributed by atoms with van der Waals surface area (Å²) in [5.74, 6) is 1.39. The predicted molar refractivity (Wildman–Crippen MR) is 97.7 cm³/mol. The maximum Gasteiger partial charge on any atom is 0.253 e. The molecule has 2 aromatic heterocycles. The van der Waals surface area contributed by atoms with Gasteiger partial charge in [0.2, 0.25) is 0 Å². The van der Waals surface area contributed by atoms with Gasteiger partial charge in [-0.3, -0.25) is 4.79 Å². The van der Waals surface area contributed by atoms with Crippen molar-refractivity contribution in [2.45, 2.75) is 26.2 Å². The molecular formula is C20H22N4O. The van der Waals surface area contributed by atoms with Crippen LogP contribution in [0.3, 0.4) is 0 Å². The number of rotatable bonds is 2. The van der Waals surface area contributed by atoms with Crippen LogP contribution in [-0.4, -0.2) is 38.4 Å². The summed E-state index contributed by atoms with van der Waals surface area (Å²) in [4.78, 5) is 24.0. The largest absolute Gasteiger partial charge is 0.338 e. The van der Waals surface area contributed by atoms with Crippen LogP contribution in [0.4, 0.5) is 0 Å². The SMILES string of the molecule is Cc1cc(C)cc(C(=O)N2CCC(c3nc4cccnc4n3C)C2)c1. The first-order valence-electron chi connectivity index (χ1n) is 8.68. The van der Waals surface area contributed by atoms with Gasteiger partial charge in [-0.05, 0) is 44.5 Å². The Labute approximate surface area is 147 Å². The normalized spacial score (nSPS) is 17.4. The first-order valence-corrected chi connectivity index (χ1v) is 8.68. The summed E-state index contributed by atoms with van der Waals surface area (Å²) in [6.45, 7) is 5.54. The zero-order chi connectivity index (χ0) is 17.6. The number of carbonyl (C=O) groups is 1. The van der Waals surface area contributed by atoms with E-state index in [1.807, 2.05) is 50.1 Å². The van der Waals surface area contributed by atoms with Crippen molar-refractivity contribution in [2.75, 3.05) is 13.1 Å². The first kappa shape index (κ1) is 15.8. The highest BCUT2D eigenvalue weighted by molar-refractivity contribution is 5.94. The summed E-state index contributed by atoms with van der Waals surface area (Å²) >= 11 is 0. The fourth-order valence-electron chi connectivity index (χ4n) is 3.84. The van der Waals surface area contributed by atoms with Crippen LogP contribution in [-0.2, 0) is 7.05 Å². The van der Waals surface area contributed by atoms with Crippen LogP contribution in [0.1, 0.15) is 39.6 Å². The van der Waals surface area contributed by atoms with Gasteiger partial charge in [0.25, 0.3) is 5.91 Å². The molecule has 1 atom stereocenters. The number of benzene rings is 1. The number of hydrogen-bond donors (Lipinski definition) is 0. The Kier molecular flexibility index (Phi) is 3.79. The van der Waals surface area contributed by atoms with Crippen LogP contribution < -0.4 is 0 Å². The molecule has 1 saturated heterocycles. The molecule has 0 radical (unpaired) electrons. The predicted octanol–water partition coefficient (Wildman–Crippen LogP) is 3.21. The summed E-state index contributed by atoms with van der Waals surface area (Å²) in [6, 6.07) is 9.93. The Morgan fingerprint density at radius 3 is 2.68 bits per heavy atom. The molecule has 4 rings (SSSR count). The molecule has 1 fully saturated rings. The van der Waals surface area contributed by atoms with Gasteiger partial charge in [0.1, 0.15) is 11.3 Å². The molecule has 1 aromatic carbocycles. The van der Waals surface area contributed by atoms with E-state index in [1.165, 1.54) is 0 Å². The number of amides is 1. The maximum atomic E-state index is 12.9. The Morgan fingerprint density at radius 1 is 1.20 bits per heavy atom. The van der Waals surface area contributed by atoms with Gasteiger partial charge in [0.05, 0.1) is 0 Å². The van der Waals surface area contributed by atoms with Crippen molar-refractivity contribution in [1.29, 1.82) is 0 Å². The topological polar surface area (TPSA) is 51.0 Å². The first-order chi connectivity index (χ1) is 12.0.